The highest BCUT2D eigenvalue weighted by Crippen LogP contribution is 2.39. The lowest BCUT2D eigenvalue weighted by Gasteiger charge is -2.45. The molecule has 0 saturated carbocycles. The number of pyridine rings is 1. The molecule has 0 spiro atoms. The van der Waals surface area contributed by atoms with Gasteiger partial charge in [0.2, 0.25) is 0 Å². The van der Waals surface area contributed by atoms with E-state index in [4.69, 9.17) is 14.2 Å². The summed E-state index contributed by atoms with van der Waals surface area (Å²) in [6.45, 7) is 14.8. The molecule has 2 saturated heterocycles. The molecule has 3 aromatic rings. The molecule has 2 aromatic heterocycles. The predicted octanol–water partition coefficient (Wildman–Crippen LogP) is 4.93. The largest absolute Gasteiger partial charge is 0.381 e. The van der Waals surface area contributed by atoms with Crippen LogP contribution in [0, 0.1) is 25.6 Å². The number of nitrogens with zero attached hydrogens (tertiary/aromatic N) is 5. The Bertz CT molecular complexity index is 1210. The second kappa shape index (κ2) is 9.82. The summed E-state index contributed by atoms with van der Waals surface area (Å²) in [6, 6.07) is 4.36. The quantitative estimate of drug-likeness (QED) is 0.512. The van der Waals surface area contributed by atoms with Gasteiger partial charge < -0.3 is 14.2 Å². The minimum Gasteiger partial charge on any atom is -0.381 e. The lowest BCUT2D eigenvalue weighted by molar-refractivity contribution is 0.0259. The van der Waals surface area contributed by atoms with E-state index in [-0.39, 0.29) is 11.9 Å². The molecule has 0 aliphatic carbocycles. The molecule has 2 atom stereocenters. The third-order valence-corrected chi connectivity index (χ3v) is 7.95. The Morgan fingerprint density at radius 3 is 2.57 bits per heavy atom. The van der Waals surface area contributed by atoms with Crippen molar-refractivity contribution in [3.05, 3.63) is 34.9 Å². The van der Waals surface area contributed by atoms with Gasteiger partial charge in [-0.25, -0.2) is 9.37 Å². The van der Waals surface area contributed by atoms with Crippen LogP contribution in [0.1, 0.15) is 50.6 Å². The third-order valence-electron chi connectivity index (χ3n) is 7.95. The number of aromatic nitrogens is 3. The van der Waals surface area contributed by atoms with Gasteiger partial charge in [-0.05, 0) is 76.1 Å². The number of rotatable bonds is 5. The van der Waals surface area contributed by atoms with Gasteiger partial charge in [0, 0.05) is 50.3 Å². The zero-order valence-electron chi connectivity index (χ0n) is 21.5. The Morgan fingerprint density at radius 2 is 1.91 bits per heavy atom. The fraction of sp³-hybridized carbons (Fsp3) is 0.593. The number of hydrogen-bond donors (Lipinski definition) is 0. The van der Waals surface area contributed by atoms with Crippen molar-refractivity contribution in [1.29, 1.82) is 0 Å². The van der Waals surface area contributed by atoms with Crippen LogP contribution in [0.4, 0.5) is 10.2 Å². The molecule has 7 nitrogen and oxygen atoms in total. The smallest absolute Gasteiger partial charge is 0.261 e. The molecule has 5 rings (SSSR count). The monoisotopic (exact) mass is 481 g/mol. The van der Waals surface area contributed by atoms with Gasteiger partial charge in [-0.1, -0.05) is 12.1 Å². The second-order valence-corrected chi connectivity index (χ2v) is 10.1. The fourth-order valence-corrected chi connectivity index (χ4v) is 5.75. The van der Waals surface area contributed by atoms with Crippen molar-refractivity contribution in [3.8, 4) is 11.5 Å². The first kappa shape index (κ1) is 24.1. The number of anilines is 1. The minimum absolute atomic E-state index is 0.205. The van der Waals surface area contributed by atoms with Crippen LogP contribution in [0.2, 0.25) is 0 Å². The Balaban J connectivity index is 1.53. The number of halogens is 1. The zero-order valence-corrected chi connectivity index (χ0v) is 21.5. The summed E-state index contributed by atoms with van der Waals surface area (Å²) in [6.07, 6.45) is 3.01. The van der Waals surface area contributed by atoms with Gasteiger partial charge in [0.1, 0.15) is 17.2 Å². The Morgan fingerprint density at radius 1 is 1.14 bits per heavy atom. The van der Waals surface area contributed by atoms with Gasteiger partial charge in [-0.15, -0.1) is 0 Å². The topological polar surface area (TPSA) is 67.5 Å². The fourth-order valence-electron chi connectivity index (χ4n) is 5.75. The number of ether oxygens (including phenoxy) is 1. The van der Waals surface area contributed by atoms with Gasteiger partial charge in [0.25, 0.3) is 5.89 Å². The van der Waals surface area contributed by atoms with E-state index < -0.39 is 0 Å². The number of benzene rings is 1. The maximum absolute atomic E-state index is 15.2. The molecule has 0 bridgehead atoms. The Kier molecular flexibility index (Phi) is 6.77. The van der Waals surface area contributed by atoms with Crippen LogP contribution in [0.25, 0.3) is 22.4 Å². The number of aryl methyl sites for hydroxylation is 3. The van der Waals surface area contributed by atoms with Crippen LogP contribution in [0.3, 0.4) is 0 Å². The average Bonchev–Trinajstić information content (AvgIpc) is 3.29. The van der Waals surface area contributed by atoms with Gasteiger partial charge >= 0.3 is 0 Å². The second-order valence-electron chi connectivity index (χ2n) is 10.1. The SMILES string of the molecule is CCc1cc(F)c2nc(N3CCN(C(C)C4CCOCC4)C[C@H]3C)c(-c3nc(C)no3)c(C)c2c1. The molecule has 1 unspecified atom stereocenters. The number of fused-ring (bicyclic) bond motifs is 1. The summed E-state index contributed by atoms with van der Waals surface area (Å²) in [5.74, 6) is 2.13. The summed E-state index contributed by atoms with van der Waals surface area (Å²) in [7, 11) is 0. The Labute approximate surface area is 206 Å². The highest BCUT2D eigenvalue weighted by molar-refractivity contribution is 5.93. The minimum atomic E-state index is -0.281. The molecule has 0 amide bonds. The van der Waals surface area contributed by atoms with Crippen LogP contribution >= 0.6 is 0 Å². The Hall–Kier alpha value is -2.58. The van der Waals surface area contributed by atoms with Crippen LogP contribution in [0.5, 0.6) is 0 Å². The molecular formula is C27H36FN5O2. The van der Waals surface area contributed by atoms with Crippen molar-refractivity contribution < 1.29 is 13.7 Å². The molecule has 2 aliphatic rings. The third kappa shape index (κ3) is 4.54. The maximum Gasteiger partial charge on any atom is 0.261 e. The zero-order chi connectivity index (χ0) is 24.7. The van der Waals surface area contributed by atoms with E-state index in [9.17, 15) is 0 Å². The molecule has 8 heteroatoms. The first-order chi connectivity index (χ1) is 16.9. The van der Waals surface area contributed by atoms with Crippen LogP contribution in [-0.4, -0.2) is 65.0 Å². The first-order valence-corrected chi connectivity index (χ1v) is 12.9. The van der Waals surface area contributed by atoms with Crippen LogP contribution < -0.4 is 4.90 Å². The molecule has 2 aliphatic heterocycles. The molecule has 4 heterocycles. The van der Waals surface area contributed by atoms with Gasteiger partial charge in [0.05, 0.1) is 5.56 Å². The summed E-state index contributed by atoms with van der Waals surface area (Å²) in [5, 5.41) is 4.83. The lowest BCUT2D eigenvalue weighted by Crippen LogP contribution is -2.56. The summed E-state index contributed by atoms with van der Waals surface area (Å²) in [4.78, 5) is 14.3. The van der Waals surface area contributed by atoms with E-state index in [0.29, 0.717) is 29.2 Å². The first-order valence-electron chi connectivity index (χ1n) is 12.9. The number of piperazine rings is 1. The van der Waals surface area contributed by atoms with Crippen molar-refractivity contribution in [1.82, 2.24) is 20.0 Å². The van der Waals surface area contributed by atoms with E-state index in [1.54, 1.807) is 6.07 Å². The number of hydrogen-bond acceptors (Lipinski definition) is 7. The van der Waals surface area contributed by atoms with Crippen molar-refractivity contribution in [2.24, 2.45) is 5.92 Å². The predicted molar refractivity (Wildman–Crippen MR) is 135 cm³/mol. The van der Waals surface area contributed by atoms with Crippen LogP contribution in [-0.2, 0) is 11.2 Å². The van der Waals surface area contributed by atoms with Gasteiger partial charge in [-0.3, -0.25) is 4.90 Å². The van der Waals surface area contributed by atoms with Crippen molar-refractivity contribution >= 4 is 16.7 Å². The van der Waals surface area contributed by atoms with E-state index >= 15 is 4.39 Å². The van der Waals surface area contributed by atoms with E-state index in [2.05, 4.69) is 33.8 Å². The molecule has 188 valence electrons. The lowest BCUT2D eigenvalue weighted by atomic mass is 9.91. The highest BCUT2D eigenvalue weighted by Gasteiger charge is 2.34. The van der Waals surface area contributed by atoms with E-state index in [0.717, 1.165) is 80.0 Å². The van der Waals surface area contributed by atoms with Crippen molar-refractivity contribution in [2.75, 3.05) is 37.7 Å². The molecular weight excluding hydrogens is 445 g/mol. The summed E-state index contributed by atoms with van der Waals surface area (Å²) >= 11 is 0. The molecule has 2 fully saturated rings. The molecule has 0 N–H and O–H groups in total. The van der Waals surface area contributed by atoms with Gasteiger partial charge in [-0.2, -0.15) is 4.98 Å². The van der Waals surface area contributed by atoms with Crippen molar-refractivity contribution in [3.63, 3.8) is 0 Å². The van der Waals surface area contributed by atoms with E-state index in [1.165, 1.54) is 0 Å². The highest BCUT2D eigenvalue weighted by atomic mass is 19.1. The molecule has 0 radical (unpaired) electrons. The normalized spacial score (nSPS) is 21.1. The standard InChI is InChI=1S/C27H36FN5O2/c1-6-20-13-22-17(3)24(27-29-19(5)31-35-27)26(30-25(22)23(28)14-20)33-10-9-32(15-16(33)2)18(4)21-7-11-34-12-8-21/h13-14,16,18,21H,6-12,15H2,1-5H3/t16-,18?/m1/s1. The summed E-state index contributed by atoms with van der Waals surface area (Å²) < 4.78 is 26.4. The van der Waals surface area contributed by atoms with Gasteiger partial charge in [0.15, 0.2) is 5.82 Å². The molecule has 1 aromatic carbocycles. The average molecular weight is 482 g/mol. The van der Waals surface area contributed by atoms with Crippen LogP contribution in [0.15, 0.2) is 16.7 Å². The maximum atomic E-state index is 15.2. The molecule has 35 heavy (non-hydrogen) atoms. The van der Waals surface area contributed by atoms with E-state index in [1.807, 2.05) is 26.8 Å². The van der Waals surface area contributed by atoms with Crippen molar-refractivity contribution in [2.45, 2.75) is 66.0 Å². The summed E-state index contributed by atoms with van der Waals surface area (Å²) in [5.41, 5.74) is 3.08.